The van der Waals surface area contributed by atoms with Gasteiger partial charge in [-0.25, -0.2) is 4.79 Å². The summed E-state index contributed by atoms with van der Waals surface area (Å²) in [5.41, 5.74) is 1.07. The maximum Gasteiger partial charge on any atom is 0.407 e. The molecule has 1 aromatic carbocycles. The molecule has 0 saturated heterocycles. The maximum absolute atomic E-state index is 12.5. The van der Waals surface area contributed by atoms with Crippen LogP contribution in [0.1, 0.15) is 25.8 Å². The Balaban J connectivity index is 1.97. The molecular weight excluding hydrogens is 296 g/mol. The zero-order valence-electron chi connectivity index (χ0n) is 13.8. The third-order valence-corrected chi connectivity index (χ3v) is 3.73. The highest BCUT2D eigenvalue weighted by Gasteiger charge is 2.27. The van der Waals surface area contributed by atoms with Crippen molar-refractivity contribution in [3.63, 3.8) is 0 Å². The molecule has 0 radical (unpaired) electrons. The van der Waals surface area contributed by atoms with E-state index in [1.54, 1.807) is 0 Å². The largest absolute Gasteiger partial charge is 0.491 e. The average Bonchev–Trinajstić information content (AvgIpc) is 2.53. The molecule has 0 aliphatic carbocycles. The molecule has 0 aromatic heterocycles. The first kappa shape index (κ1) is 17.1. The van der Waals surface area contributed by atoms with E-state index in [0.29, 0.717) is 19.4 Å². The fourth-order valence-electron chi connectivity index (χ4n) is 2.63. The lowest BCUT2D eigenvalue weighted by Gasteiger charge is -2.28. The second-order valence-corrected chi connectivity index (χ2v) is 6.15. The first-order valence-corrected chi connectivity index (χ1v) is 7.85. The summed E-state index contributed by atoms with van der Waals surface area (Å²) in [6, 6.07) is 7.08. The molecule has 6 heteroatoms. The van der Waals surface area contributed by atoms with Gasteiger partial charge in [-0.3, -0.25) is 4.79 Å². The molecule has 6 nitrogen and oxygen atoms in total. The molecule has 0 fully saturated rings. The molecule has 23 heavy (non-hydrogen) atoms. The lowest BCUT2D eigenvalue weighted by molar-refractivity contribution is -0.124. The summed E-state index contributed by atoms with van der Waals surface area (Å²) < 4.78 is 10.3. The van der Waals surface area contributed by atoms with Gasteiger partial charge in [-0.2, -0.15) is 0 Å². The third kappa shape index (κ3) is 4.87. The van der Waals surface area contributed by atoms with E-state index in [0.717, 1.165) is 11.3 Å². The number of hydrogen-bond acceptors (Lipinski definition) is 4. The van der Waals surface area contributed by atoms with E-state index in [9.17, 15) is 9.59 Å². The van der Waals surface area contributed by atoms with Gasteiger partial charge < -0.3 is 20.1 Å². The molecule has 1 heterocycles. The van der Waals surface area contributed by atoms with Crippen LogP contribution in [-0.4, -0.2) is 37.8 Å². The van der Waals surface area contributed by atoms with Gasteiger partial charge in [0.05, 0.1) is 13.2 Å². The SMILES string of the molecule is COC(=O)N[C@H](CC(C)C)C(=O)N[C@@H]1COc2ccccc2C1. The van der Waals surface area contributed by atoms with Crippen LogP contribution in [0.3, 0.4) is 0 Å². The molecule has 126 valence electrons. The minimum atomic E-state index is -0.611. The summed E-state index contributed by atoms with van der Waals surface area (Å²) in [5, 5.41) is 5.55. The number of carbonyl (C=O) groups excluding carboxylic acids is 2. The molecular formula is C17H24N2O4. The summed E-state index contributed by atoms with van der Waals surface area (Å²) >= 11 is 0. The molecule has 0 unspecified atom stereocenters. The number of alkyl carbamates (subject to hydrolysis) is 1. The van der Waals surface area contributed by atoms with Crippen LogP contribution in [0, 0.1) is 5.92 Å². The number of benzene rings is 1. The fourth-order valence-corrected chi connectivity index (χ4v) is 2.63. The van der Waals surface area contributed by atoms with Crippen molar-refractivity contribution in [3.8, 4) is 5.75 Å². The quantitative estimate of drug-likeness (QED) is 0.868. The van der Waals surface area contributed by atoms with E-state index in [2.05, 4.69) is 15.4 Å². The van der Waals surface area contributed by atoms with E-state index in [-0.39, 0.29) is 17.9 Å². The van der Waals surface area contributed by atoms with Crippen molar-refractivity contribution in [1.29, 1.82) is 0 Å². The number of carbonyl (C=O) groups is 2. The first-order valence-electron chi connectivity index (χ1n) is 7.85. The van der Waals surface area contributed by atoms with Gasteiger partial charge in [-0.15, -0.1) is 0 Å². The monoisotopic (exact) mass is 320 g/mol. The highest BCUT2D eigenvalue weighted by Crippen LogP contribution is 2.23. The van der Waals surface area contributed by atoms with Crippen LogP contribution in [0.4, 0.5) is 4.79 Å². The van der Waals surface area contributed by atoms with Crippen LogP contribution < -0.4 is 15.4 Å². The Morgan fingerprint density at radius 3 is 2.78 bits per heavy atom. The summed E-state index contributed by atoms with van der Waals surface area (Å²) in [6.45, 7) is 4.42. The lowest BCUT2D eigenvalue weighted by atomic mass is 10.0. The highest BCUT2D eigenvalue weighted by molar-refractivity contribution is 5.85. The maximum atomic E-state index is 12.5. The third-order valence-electron chi connectivity index (χ3n) is 3.73. The summed E-state index contributed by atoms with van der Waals surface area (Å²) in [5.74, 6) is 0.924. The molecule has 0 bridgehead atoms. The zero-order chi connectivity index (χ0) is 16.8. The molecule has 2 rings (SSSR count). The van der Waals surface area contributed by atoms with Gasteiger partial charge in [-0.1, -0.05) is 32.0 Å². The van der Waals surface area contributed by atoms with Crippen LogP contribution in [0.15, 0.2) is 24.3 Å². The number of fused-ring (bicyclic) bond motifs is 1. The van der Waals surface area contributed by atoms with E-state index in [4.69, 9.17) is 4.74 Å². The zero-order valence-corrected chi connectivity index (χ0v) is 13.8. The van der Waals surface area contributed by atoms with E-state index >= 15 is 0 Å². The Labute approximate surface area is 136 Å². The van der Waals surface area contributed by atoms with Crippen LogP contribution in [0.5, 0.6) is 5.75 Å². The number of methoxy groups -OCH3 is 1. The van der Waals surface area contributed by atoms with Gasteiger partial charge in [0, 0.05) is 0 Å². The van der Waals surface area contributed by atoms with E-state index in [1.165, 1.54) is 7.11 Å². The van der Waals surface area contributed by atoms with Gasteiger partial charge in [0.15, 0.2) is 0 Å². The number of ether oxygens (including phenoxy) is 2. The minimum Gasteiger partial charge on any atom is -0.491 e. The molecule has 1 aliphatic heterocycles. The summed E-state index contributed by atoms with van der Waals surface area (Å²) in [6.07, 6.45) is 0.663. The molecule has 0 saturated carbocycles. The van der Waals surface area contributed by atoms with Crippen molar-refractivity contribution in [2.24, 2.45) is 5.92 Å². The number of amides is 2. The van der Waals surface area contributed by atoms with Crippen molar-refractivity contribution < 1.29 is 19.1 Å². The minimum absolute atomic E-state index is 0.105. The van der Waals surface area contributed by atoms with Gasteiger partial charge in [-0.05, 0) is 30.4 Å². The molecule has 1 aromatic rings. The summed E-state index contributed by atoms with van der Waals surface area (Å²) in [7, 11) is 1.28. The van der Waals surface area contributed by atoms with Crippen LogP contribution in [0.25, 0.3) is 0 Å². The second kappa shape index (κ2) is 7.85. The number of hydrogen-bond donors (Lipinski definition) is 2. The molecule has 2 amide bonds. The van der Waals surface area contributed by atoms with Gasteiger partial charge >= 0.3 is 6.09 Å². The standard InChI is InChI=1S/C17H24N2O4/c1-11(2)8-14(19-17(21)22-3)16(20)18-13-9-12-6-4-5-7-15(12)23-10-13/h4-7,11,13-14H,8-10H2,1-3H3,(H,18,20)(H,19,21)/t13-,14+/m0/s1. The Morgan fingerprint density at radius 2 is 2.09 bits per heavy atom. The Hall–Kier alpha value is -2.24. The molecule has 1 aliphatic rings. The van der Waals surface area contributed by atoms with Crippen molar-refractivity contribution >= 4 is 12.0 Å². The van der Waals surface area contributed by atoms with E-state index in [1.807, 2.05) is 38.1 Å². The van der Waals surface area contributed by atoms with Gasteiger partial charge in [0.2, 0.25) is 5.91 Å². The van der Waals surface area contributed by atoms with Gasteiger partial charge in [0.25, 0.3) is 0 Å². The van der Waals surface area contributed by atoms with Crippen molar-refractivity contribution in [3.05, 3.63) is 29.8 Å². The number of rotatable bonds is 5. The first-order chi connectivity index (χ1) is 11.0. The van der Waals surface area contributed by atoms with Crippen LogP contribution >= 0.6 is 0 Å². The number of para-hydroxylation sites is 1. The fraction of sp³-hybridized carbons (Fsp3) is 0.529. The van der Waals surface area contributed by atoms with Crippen molar-refractivity contribution in [1.82, 2.24) is 10.6 Å². The summed E-state index contributed by atoms with van der Waals surface area (Å²) in [4.78, 5) is 23.9. The lowest BCUT2D eigenvalue weighted by Crippen LogP contribution is -2.52. The normalized spacial score (nSPS) is 17.7. The molecule has 2 atom stereocenters. The van der Waals surface area contributed by atoms with Gasteiger partial charge in [0.1, 0.15) is 18.4 Å². The predicted octanol–water partition coefficient (Wildman–Crippen LogP) is 1.88. The van der Waals surface area contributed by atoms with Crippen molar-refractivity contribution in [2.45, 2.75) is 38.8 Å². The smallest absolute Gasteiger partial charge is 0.407 e. The average molecular weight is 320 g/mol. The topological polar surface area (TPSA) is 76.7 Å². The molecule has 0 spiro atoms. The Bertz CT molecular complexity index is 559. The van der Waals surface area contributed by atoms with Crippen molar-refractivity contribution in [2.75, 3.05) is 13.7 Å². The number of nitrogens with one attached hydrogen (secondary N) is 2. The Kier molecular flexibility index (Phi) is 5.84. The van der Waals surface area contributed by atoms with Crippen LogP contribution in [0.2, 0.25) is 0 Å². The Morgan fingerprint density at radius 1 is 1.35 bits per heavy atom. The highest BCUT2D eigenvalue weighted by atomic mass is 16.5. The second-order valence-electron chi connectivity index (χ2n) is 6.15. The van der Waals surface area contributed by atoms with E-state index < -0.39 is 12.1 Å². The predicted molar refractivity (Wildman–Crippen MR) is 86.4 cm³/mol. The van der Waals surface area contributed by atoms with Crippen LogP contribution in [-0.2, 0) is 16.0 Å². The molecule has 2 N–H and O–H groups in total.